The second-order valence-corrected chi connectivity index (χ2v) is 7.18. The molecule has 2 heterocycles. The summed E-state index contributed by atoms with van der Waals surface area (Å²) in [5.41, 5.74) is -0.702. The van der Waals surface area contributed by atoms with Crippen LogP contribution >= 0.6 is 12.4 Å². The van der Waals surface area contributed by atoms with Gasteiger partial charge in [0.1, 0.15) is 11.9 Å². The minimum absolute atomic E-state index is 0. The third-order valence-corrected chi connectivity index (χ3v) is 5.59. The highest BCUT2D eigenvalue weighted by Crippen LogP contribution is 2.49. The molecular formula is C18H22ClF3N2O2. The summed E-state index contributed by atoms with van der Waals surface area (Å²) in [6.45, 7) is 3.12. The third-order valence-electron chi connectivity index (χ3n) is 5.59. The summed E-state index contributed by atoms with van der Waals surface area (Å²) in [6, 6.07) is 4.98. The highest BCUT2D eigenvalue weighted by atomic mass is 35.5. The molecule has 1 aromatic carbocycles. The Hall–Kier alpha value is -1.47. The van der Waals surface area contributed by atoms with E-state index in [2.05, 4.69) is 5.32 Å². The maximum Gasteiger partial charge on any atom is 0.416 e. The van der Waals surface area contributed by atoms with Gasteiger partial charge < -0.3 is 15.0 Å². The Labute approximate surface area is 156 Å². The number of ether oxygens (including phenoxy) is 1. The highest BCUT2D eigenvalue weighted by molar-refractivity contribution is 5.85. The van der Waals surface area contributed by atoms with Gasteiger partial charge in [-0.1, -0.05) is 6.07 Å². The first-order valence-electron chi connectivity index (χ1n) is 8.77. The van der Waals surface area contributed by atoms with Crippen molar-refractivity contribution in [3.05, 3.63) is 29.8 Å². The Balaban J connectivity index is 0.00000196. The van der Waals surface area contributed by atoms with Crippen LogP contribution in [0.3, 0.4) is 0 Å². The van der Waals surface area contributed by atoms with Gasteiger partial charge in [0.05, 0.1) is 5.56 Å². The van der Waals surface area contributed by atoms with E-state index in [9.17, 15) is 18.0 Å². The molecule has 1 N–H and O–H groups in total. The number of fused-ring (bicyclic) bond motifs is 1. The fraction of sp³-hybridized carbons (Fsp3) is 0.611. The Kier molecular flexibility index (Phi) is 5.40. The monoisotopic (exact) mass is 390 g/mol. The topological polar surface area (TPSA) is 41.6 Å². The lowest BCUT2D eigenvalue weighted by Gasteiger charge is -2.32. The SMILES string of the molecule is Cl.O=C(C1[C@H]2CNC[C@@H]12)N1CCC(Oc2cccc(C(F)(F)F)c2)CC1. The van der Waals surface area contributed by atoms with Gasteiger partial charge in [0.15, 0.2) is 0 Å². The number of alkyl halides is 3. The van der Waals surface area contributed by atoms with Crippen molar-refractivity contribution in [3.63, 3.8) is 0 Å². The number of carbonyl (C=O) groups is 1. The summed E-state index contributed by atoms with van der Waals surface area (Å²) in [4.78, 5) is 14.4. The van der Waals surface area contributed by atoms with Gasteiger partial charge in [-0.2, -0.15) is 13.2 Å². The van der Waals surface area contributed by atoms with E-state index in [0.717, 1.165) is 25.2 Å². The van der Waals surface area contributed by atoms with E-state index >= 15 is 0 Å². The average Bonchev–Trinajstić information content (AvgIpc) is 3.06. The number of hydrogen-bond donors (Lipinski definition) is 1. The summed E-state index contributed by atoms with van der Waals surface area (Å²) in [6.07, 6.45) is -3.20. The standard InChI is InChI=1S/C18H21F3N2O2.ClH/c19-18(20,21)11-2-1-3-13(8-11)25-12-4-6-23(7-5-12)17(24)16-14-9-22-10-15(14)16;/h1-3,8,12,14-16,22H,4-7,9-10H2;1H/t14-,15+,16?;. The average molecular weight is 391 g/mol. The predicted molar refractivity (Wildman–Crippen MR) is 92.3 cm³/mol. The van der Waals surface area contributed by atoms with Crippen LogP contribution < -0.4 is 10.1 Å². The largest absolute Gasteiger partial charge is 0.490 e. The molecule has 1 aliphatic carbocycles. The first-order chi connectivity index (χ1) is 11.9. The van der Waals surface area contributed by atoms with Crippen LogP contribution in [0.1, 0.15) is 18.4 Å². The zero-order valence-electron chi connectivity index (χ0n) is 14.2. The van der Waals surface area contributed by atoms with Gasteiger partial charge in [-0.25, -0.2) is 0 Å². The van der Waals surface area contributed by atoms with Gasteiger partial charge in [-0.15, -0.1) is 12.4 Å². The zero-order valence-corrected chi connectivity index (χ0v) is 15.0. The molecule has 0 bridgehead atoms. The maximum atomic E-state index is 12.8. The molecule has 26 heavy (non-hydrogen) atoms. The number of piperidine rings is 2. The van der Waals surface area contributed by atoms with Crippen molar-refractivity contribution in [2.45, 2.75) is 25.1 Å². The number of rotatable bonds is 3. The lowest BCUT2D eigenvalue weighted by molar-refractivity contribution is -0.138. The van der Waals surface area contributed by atoms with Crippen LogP contribution in [-0.4, -0.2) is 43.1 Å². The van der Waals surface area contributed by atoms with Crippen LogP contribution in [0.15, 0.2) is 24.3 Å². The van der Waals surface area contributed by atoms with Gasteiger partial charge in [-0.05, 0) is 43.1 Å². The molecule has 1 unspecified atom stereocenters. The van der Waals surface area contributed by atoms with Crippen molar-refractivity contribution >= 4 is 18.3 Å². The number of hydrogen-bond acceptors (Lipinski definition) is 3. The molecule has 3 atom stereocenters. The number of likely N-dealkylation sites (tertiary alicyclic amines) is 1. The first kappa shape index (κ1) is 19.3. The van der Waals surface area contributed by atoms with Gasteiger partial charge in [-0.3, -0.25) is 4.79 Å². The number of nitrogens with zero attached hydrogens (tertiary/aromatic N) is 1. The number of carbonyl (C=O) groups excluding carboxylic acids is 1. The highest BCUT2D eigenvalue weighted by Gasteiger charge is 2.57. The van der Waals surface area contributed by atoms with E-state index in [1.54, 1.807) is 6.07 Å². The minimum atomic E-state index is -4.37. The lowest BCUT2D eigenvalue weighted by Crippen LogP contribution is -2.43. The van der Waals surface area contributed by atoms with E-state index in [4.69, 9.17) is 4.74 Å². The summed E-state index contributed by atoms with van der Waals surface area (Å²) < 4.78 is 44.0. The maximum absolute atomic E-state index is 12.8. The molecule has 1 aromatic rings. The Morgan fingerprint density at radius 1 is 1.15 bits per heavy atom. The number of amides is 1. The summed E-state index contributed by atoms with van der Waals surface area (Å²) in [7, 11) is 0. The van der Waals surface area contributed by atoms with Crippen LogP contribution in [0.5, 0.6) is 5.75 Å². The lowest BCUT2D eigenvalue weighted by atomic mass is 10.1. The van der Waals surface area contributed by atoms with Gasteiger partial charge in [0.2, 0.25) is 5.91 Å². The molecule has 0 spiro atoms. The molecular weight excluding hydrogens is 369 g/mol. The zero-order chi connectivity index (χ0) is 17.6. The van der Waals surface area contributed by atoms with Crippen molar-refractivity contribution in [2.75, 3.05) is 26.2 Å². The van der Waals surface area contributed by atoms with Crippen molar-refractivity contribution in [2.24, 2.45) is 17.8 Å². The number of halogens is 4. The Morgan fingerprint density at radius 3 is 2.42 bits per heavy atom. The van der Waals surface area contributed by atoms with E-state index in [0.29, 0.717) is 37.8 Å². The summed E-state index contributed by atoms with van der Waals surface area (Å²) >= 11 is 0. The molecule has 0 radical (unpaired) electrons. The molecule has 0 aromatic heterocycles. The Morgan fingerprint density at radius 2 is 1.81 bits per heavy atom. The van der Waals surface area contributed by atoms with Crippen molar-refractivity contribution in [1.29, 1.82) is 0 Å². The van der Waals surface area contributed by atoms with Crippen LogP contribution in [0.4, 0.5) is 13.2 Å². The molecule has 8 heteroatoms. The molecule has 1 saturated carbocycles. The Bertz CT molecular complexity index is 652. The fourth-order valence-corrected chi connectivity index (χ4v) is 4.13. The smallest absolute Gasteiger partial charge is 0.416 e. The van der Waals surface area contributed by atoms with Gasteiger partial charge in [0, 0.05) is 31.8 Å². The molecule has 1 amide bonds. The minimum Gasteiger partial charge on any atom is -0.490 e. The normalized spacial score (nSPS) is 28.3. The van der Waals surface area contributed by atoms with E-state index in [1.165, 1.54) is 6.07 Å². The fourth-order valence-electron chi connectivity index (χ4n) is 4.13. The molecule has 3 aliphatic rings. The van der Waals surface area contributed by atoms with E-state index < -0.39 is 11.7 Å². The van der Waals surface area contributed by atoms with Crippen molar-refractivity contribution in [1.82, 2.24) is 10.2 Å². The van der Waals surface area contributed by atoms with Crippen LogP contribution in [0.25, 0.3) is 0 Å². The summed E-state index contributed by atoms with van der Waals surface area (Å²) in [5.74, 6) is 1.68. The molecule has 3 fully saturated rings. The van der Waals surface area contributed by atoms with Gasteiger partial charge in [0.25, 0.3) is 0 Å². The molecule has 2 saturated heterocycles. The van der Waals surface area contributed by atoms with Crippen LogP contribution in [0.2, 0.25) is 0 Å². The third kappa shape index (κ3) is 3.78. The van der Waals surface area contributed by atoms with Crippen LogP contribution in [-0.2, 0) is 11.0 Å². The molecule has 4 rings (SSSR count). The van der Waals surface area contributed by atoms with E-state index in [-0.39, 0.29) is 36.1 Å². The molecule has 2 aliphatic heterocycles. The van der Waals surface area contributed by atoms with E-state index in [1.807, 2.05) is 4.90 Å². The van der Waals surface area contributed by atoms with Gasteiger partial charge >= 0.3 is 6.18 Å². The van der Waals surface area contributed by atoms with Crippen molar-refractivity contribution < 1.29 is 22.7 Å². The van der Waals surface area contributed by atoms with Crippen LogP contribution in [0, 0.1) is 17.8 Å². The molecule has 4 nitrogen and oxygen atoms in total. The molecule has 144 valence electrons. The quantitative estimate of drug-likeness (QED) is 0.862. The summed E-state index contributed by atoms with van der Waals surface area (Å²) in [5, 5.41) is 3.29. The van der Waals surface area contributed by atoms with Crippen molar-refractivity contribution in [3.8, 4) is 5.75 Å². The second-order valence-electron chi connectivity index (χ2n) is 7.18. The second kappa shape index (κ2) is 7.27. The predicted octanol–water partition coefficient (Wildman–Crippen LogP) is 2.96. The number of nitrogens with one attached hydrogen (secondary N) is 1. The first-order valence-corrected chi connectivity index (χ1v) is 8.77. The number of benzene rings is 1.